The number of carbonyl (C=O) groups is 4. The monoisotopic (exact) mass is 781 g/mol. The molecule has 0 unspecified atom stereocenters. The van der Waals surface area contributed by atoms with Gasteiger partial charge < -0.3 is 39.5 Å². The number of anilines is 1. The quantitative estimate of drug-likeness (QED) is 0.296. The Balaban J connectivity index is 1.02. The van der Waals surface area contributed by atoms with E-state index in [1.54, 1.807) is 23.1 Å². The van der Waals surface area contributed by atoms with Crippen LogP contribution in [0, 0.1) is 11.8 Å². The van der Waals surface area contributed by atoms with Crippen LogP contribution in [-0.2, 0) is 31.9 Å². The third-order valence-electron chi connectivity index (χ3n) is 11.3. The molecule has 0 saturated carbocycles. The second-order valence-corrected chi connectivity index (χ2v) is 15.4. The lowest BCUT2D eigenvalue weighted by atomic mass is 9.78. The molecule has 52 heavy (non-hydrogen) atoms. The predicted octanol–water partition coefficient (Wildman–Crippen LogP) is 5.66. The van der Waals surface area contributed by atoms with Crippen molar-refractivity contribution in [3.8, 4) is 5.75 Å². The van der Waals surface area contributed by atoms with E-state index in [2.05, 4.69) is 26.1 Å². The molecule has 4 aliphatic rings. The highest BCUT2D eigenvalue weighted by Gasteiger charge is 2.37. The van der Waals surface area contributed by atoms with E-state index in [4.69, 9.17) is 9.47 Å². The van der Waals surface area contributed by atoms with Crippen molar-refractivity contribution in [1.29, 1.82) is 0 Å². The summed E-state index contributed by atoms with van der Waals surface area (Å²) in [5.74, 6) is 0.893. The first kappa shape index (κ1) is 37.9. The number of aromatic hydroxyl groups is 1. The number of hydrogen-bond donors (Lipinski definition) is 2. The number of urea groups is 1. The molecule has 6 rings (SSSR count). The number of fused-ring (bicyclic) bond motifs is 1. The van der Waals surface area contributed by atoms with Crippen molar-refractivity contribution in [3.63, 3.8) is 0 Å². The average Bonchev–Trinajstić information content (AvgIpc) is 3.33. The minimum absolute atomic E-state index is 0.00302. The Morgan fingerprint density at radius 2 is 1.58 bits per heavy atom. The number of ether oxygens (including phenoxy) is 2. The normalized spacial score (nSPS) is 20.1. The van der Waals surface area contributed by atoms with Gasteiger partial charge in [-0.25, -0.2) is 9.59 Å². The SMILES string of the molecule is CCOC(=O)CCN1CCC(C2CCN(C(=O)[C@@H](Cc3ccc(O)c(Br)c3)OC(=O)N3CCC(N4CCc5ccccc5NC4=O)CC3)CC2)CC1. The molecular formula is C39H52BrN5O7. The van der Waals surface area contributed by atoms with Gasteiger partial charge in [0, 0.05) is 57.4 Å². The van der Waals surface area contributed by atoms with E-state index in [0.717, 1.165) is 68.6 Å². The van der Waals surface area contributed by atoms with Crippen LogP contribution < -0.4 is 5.32 Å². The maximum Gasteiger partial charge on any atom is 0.410 e. The Kier molecular flexibility index (Phi) is 13.0. The summed E-state index contributed by atoms with van der Waals surface area (Å²) in [7, 11) is 0. The van der Waals surface area contributed by atoms with Crippen LogP contribution in [0.2, 0.25) is 0 Å². The van der Waals surface area contributed by atoms with Crippen molar-refractivity contribution in [2.75, 3.05) is 64.3 Å². The van der Waals surface area contributed by atoms with Gasteiger partial charge in [-0.3, -0.25) is 9.59 Å². The molecule has 0 radical (unpaired) electrons. The summed E-state index contributed by atoms with van der Waals surface area (Å²) in [5, 5.41) is 13.1. The van der Waals surface area contributed by atoms with Crippen molar-refractivity contribution in [3.05, 3.63) is 58.1 Å². The maximum absolute atomic E-state index is 14.1. The average molecular weight is 783 g/mol. The number of esters is 1. The zero-order valence-electron chi connectivity index (χ0n) is 30.1. The summed E-state index contributed by atoms with van der Waals surface area (Å²) in [6, 6.07) is 12.8. The second kappa shape index (κ2) is 17.8. The van der Waals surface area contributed by atoms with Crippen LogP contribution in [0.1, 0.15) is 63.0 Å². The highest BCUT2D eigenvalue weighted by Crippen LogP contribution is 2.33. The number of nitrogens with one attached hydrogen (secondary N) is 1. The number of carbonyl (C=O) groups excluding carboxylic acids is 4. The van der Waals surface area contributed by atoms with Gasteiger partial charge >= 0.3 is 18.1 Å². The lowest BCUT2D eigenvalue weighted by Gasteiger charge is -2.41. The molecule has 2 aromatic rings. The van der Waals surface area contributed by atoms with Crippen LogP contribution in [0.15, 0.2) is 46.9 Å². The van der Waals surface area contributed by atoms with Gasteiger partial charge in [-0.1, -0.05) is 24.3 Å². The van der Waals surface area contributed by atoms with Gasteiger partial charge in [-0.15, -0.1) is 0 Å². The summed E-state index contributed by atoms with van der Waals surface area (Å²) < 4.78 is 11.6. The number of halogens is 1. The van der Waals surface area contributed by atoms with E-state index < -0.39 is 12.2 Å². The molecule has 4 heterocycles. The molecule has 4 aliphatic heterocycles. The summed E-state index contributed by atoms with van der Waals surface area (Å²) >= 11 is 3.37. The molecular weight excluding hydrogens is 730 g/mol. The van der Waals surface area contributed by atoms with Crippen molar-refractivity contribution < 1.29 is 33.8 Å². The number of piperidine rings is 3. The zero-order valence-corrected chi connectivity index (χ0v) is 31.7. The van der Waals surface area contributed by atoms with Crippen LogP contribution in [-0.4, -0.2) is 120 Å². The van der Waals surface area contributed by atoms with Gasteiger partial charge in [-0.05, 0) is 122 Å². The Morgan fingerprint density at radius 3 is 2.27 bits per heavy atom. The summed E-state index contributed by atoms with van der Waals surface area (Å²) in [6.07, 6.45) is 5.11. The Labute approximate surface area is 314 Å². The summed E-state index contributed by atoms with van der Waals surface area (Å²) in [6.45, 7) is 7.63. The minimum atomic E-state index is -1.00. The van der Waals surface area contributed by atoms with E-state index in [-0.39, 0.29) is 36.1 Å². The van der Waals surface area contributed by atoms with Gasteiger partial charge in [0.25, 0.3) is 5.91 Å². The highest BCUT2D eigenvalue weighted by molar-refractivity contribution is 9.10. The lowest BCUT2D eigenvalue weighted by Crippen LogP contribution is -2.52. The topological polar surface area (TPSA) is 132 Å². The number of para-hydroxylation sites is 1. The largest absolute Gasteiger partial charge is 0.507 e. The number of benzene rings is 2. The molecule has 13 heteroatoms. The van der Waals surface area contributed by atoms with Crippen LogP contribution >= 0.6 is 15.9 Å². The fourth-order valence-electron chi connectivity index (χ4n) is 8.29. The van der Waals surface area contributed by atoms with Crippen molar-refractivity contribution in [1.82, 2.24) is 19.6 Å². The molecule has 0 aliphatic carbocycles. The Morgan fingerprint density at radius 1 is 0.904 bits per heavy atom. The molecule has 12 nitrogen and oxygen atoms in total. The maximum atomic E-state index is 14.1. The lowest BCUT2D eigenvalue weighted by molar-refractivity contribution is -0.144. The molecule has 3 fully saturated rings. The molecule has 2 aromatic carbocycles. The third-order valence-corrected chi connectivity index (χ3v) is 12.0. The molecule has 0 aromatic heterocycles. The van der Waals surface area contributed by atoms with Crippen molar-refractivity contribution in [2.24, 2.45) is 11.8 Å². The molecule has 0 bridgehead atoms. The number of amides is 4. The smallest absolute Gasteiger partial charge is 0.410 e. The van der Waals surface area contributed by atoms with Crippen LogP contribution in [0.4, 0.5) is 15.3 Å². The van der Waals surface area contributed by atoms with E-state index in [9.17, 15) is 24.3 Å². The number of likely N-dealkylation sites (tertiary alicyclic amines) is 3. The van der Waals surface area contributed by atoms with Crippen LogP contribution in [0.3, 0.4) is 0 Å². The Bertz CT molecular complexity index is 1570. The third kappa shape index (κ3) is 9.57. The fraction of sp³-hybridized carbons (Fsp3) is 0.590. The number of phenols is 1. The van der Waals surface area contributed by atoms with Gasteiger partial charge in [0.15, 0.2) is 6.10 Å². The first-order valence-corrected chi connectivity index (χ1v) is 19.7. The molecule has 0 spiro atoms. The first-order valence-electron chi connectivity index (χ1n) is 18.9. The molecule has 4 amide bonds. The van der Waals surface area contributed by atoms with Gasteiger partial charge in [0.2, 0.25) is 0 Å². The van der Waals surface area contributed by atoms with Gasteiger partial charge in [0.05, 0.1) is 17.5 Å². The second-order valence-electron chi connectivity index (χ2n) is 14.5. The summed E-state index contributed by atoms with van der Waals surface area (Å²) in [5.41, 5.74) is 2.73. The van der Waals surface area contributed by atoms with Crippen molar-refractivity contribution in [2.45, 2.75) is 76.9 Å². The van der Waals surface area contributed by atoms with Crippen LogP contribution in [0.25, 0.3) is 0 Å². The number of phenolic OH excluding ortho intramolecular Hbond substituents is 1. The number of rotatable bonds is 10. The molecule has 1 atom stereocenters. The Hall–Kier alpha value is -3.84. The zero-order chi connectivity index (χ0) is 36.6. The van der Waals surface area contributed by atoms with E-state index in [1.165, 1.54) is 0 Å². The standard InChI is InChI=1S/C39H52BrN5O7/c1-2-51-36(47)16-19-42-17-9-28(10-18-42)29-11-20-43(21-12-29)37(48)35(26-27-7-8-34(46)32(40)25-27)52-39(50)44-22-14-31(15-23-44)45-24-13-30-5-3-4-6-33(30)41-38(45)49/h3-8,25,28-29,31,35,46H,2,9-24,26H2,1H3,(H,41,49)/t35-/m1/s1. The van der Waals surface area contributed by atoms with E-state index in [0.29, 0.717) is 74.9 Å². The number of hydrogen-bond acceptors (Lipinski definition) is 8. The van der Waals surface area contributed by atoms with E-state index in [1.807, 2.05) is 41.0 Å². The molecule has 2 N–H and O–H groups in total. The molecule has 3 saturated heterocycles. The minimum Gasteiger partial charge on any atom is -0.507 e. The fourth-order valence-corrected chi connectivity index (χ4v) is 8.72. The summed E-state index contributed by atoms with van der Waals surface area (Å²) in [4.78, 5) is 60.3. The van der Waals surface area contributed by atoms with E-state index >= 15 is 0 Å². The van der Waals surface area contributed by atoms with Crippen LogP contribution in [0.5, 0.6) is 5.75 Å². The van der Waals surface area contributed by atoms with Gasteiger partial charge in [0.1, 0.15) is 5.75 Å². The molecule has 282 valence electrons. The highest BCUT2D eigenvalue weighted by atomic mass is 79.9. The predicted molar refractivity (Wildman–Crippen MR) is 200 cm³/mol. The number of nitrogens with zero attached hydrogens (tertiary/aromatic N) is 4. The van der Waals surface area contributed by atoms with Gasteiger partial charge in [-0.2, -0.15) is 0 Å². The van der Waals surface area contributed by atoms with Crippen molar-refractivity contribution >= 4 is 45.6 Å². The first-order chi connectivity index (χ1) is 25.2.